The van der Waals surface area contributed by atoms with Crippen LogP contribution in [0.2, 0.25) is 0 Å². The fourth-order valence-electron chi connectivity index (χ4n) is 2.41. The molecule has 0 saturated heterocycles. The van der Waals surface area contributed by atoms with Crippen molar-refractivity contribution in [1.29, 1.82) is 0 Å². The Bertz CT molecular complexity index is 366. The lowest BCUT2D eigenvalue weighted by Crippen LogP contribution is -2.12. The molecule has 0 heterocycles. The van der Waals surface area contributed by atoms with E-state index in [4.69, 9.17) is 9.47 Å². The molecule has 0 amide bonds. The van der Waals surface area contributed by atoms with Crippen LogP contribution in [0.15, 0.2) is 11.2 Å². The second-order valence-electron chi connectivity index (χ2n) is 5.90. The van der Waals surface area contributed by atoms with Gasteiger partial charge in [0.25, 0.3) is 0 Å². The first kappa shape index (κ1) is 23.2. The normalized spacial score (nSPS) is 12.9. The molecule has 5 heteroatoms. The van der Waals surface area contributed by atoms with Crippen molar-refractivity contribution in [3.63, 3.8) is 0 Å². The van der Waals surface area contributed by atoms with Gasteiger partial charge in [-0.1, -0.05) is 64.7 Å². The quantitative estimate of drug-likeness (QED) is 0.166. The van der Waals surface area contributed by atoms with Crippen molar-refractivity contribution < 1.29 is 18.5 Å². The van der Waals surface area contributed by atoms with Gasteiger partial charge in [-0.05, 0) is 20.3 Å². The highest BCUT2D eigenvalue weighted by Crippen LogP contribution is 2.11. The average Bonchev–Trinajstić information content (AvgIpc) is 2.56. The van der Waals surface area contributed by atoms with Gasteiger partial charge in [0.1, 0.15) is 0 Å². The number of rotatable bonds is 16. The molecule has 4 nitrogen and oxygen atoms in total. The molecule has 0 aromatic heterocycles. The summed E-state index contributed by atoms with van der Waals surface area (Å²) in [4.78, 5) is 11.7. The van der Waals surface area contributed by atoms with Gasteiger partial charge in [-0.25, -0.2) is 4.79 Å². The second kappa shape index (κ2) is 17.0. The number of unbranched alkanes of at least 4 members (excludes halogenated alkanes) is 9. The zero-order valence-corrected chi connectivity index (χ0v) is 16.6. The summed E-state index contributed by atoms with van der Waals surface area (Å²) in [7, 11) is -1.18. The Balaban J connectivity index is 3.79. The average molecular weight is 361 g/mol. The molecule has 0 bridgehead atoms. The molecule has 0 aromatic rings. The van der Waals surface area contributed by atoms with Gasteiger partial charge in [-0.15, -0.1) is 0 Å². The number of carbonyl (C=O) groups excluding carboxylic acids is 1. The second-order valence-corrected chi connectivity index (χ2v) is 7.31. The molecule has 1 unspecified atom stereocenters. The minimum Gasteiger partial charge on any atom is -0.486 e. The SMILES string of the molecule is CCCCCCCCCCCCS(=O)/C=C(/OCC)C(=O)OCC. The van der Waals surface area contributed by atoms with Crippen molar-refractivity contribution >= 4 is 16.8 Å². The van der Waals surface area contributed by atoms with Gasteiger partial charge in [0, 0.05) is 16.6 Å². The van der Waals surface area contributed by atoms with Crippen molar-refractivity contribution in [3.8, 4) is 0 Å². The van der Waals surface area contributed by atoms with Crippen molar-refractivity contribution in [2.24, 2.45) is 0 Å². The predicted molar refractivity (Wildman–Crippen MR) is 101 cm³/mol. The van der Waals surface area contributed by atoms with Crippen molar-refractivity contribution in [3.05, 3.63) is 11.2 Å². The van der Waals surface area contributed by atoms with Gasteiger partial charge in [-0.3, -0.25) is 4.21 Å². The maximum Gasteiger partial charge on any atom is 0.374 e. The minimum absolute atomic E-state index is 0.0739. The van der Waals surface area contributed by atoms with Crippen LogP contribution in [-0.2, 0) is 25.1 Å². The summed E-state index contributed by atoms with van der Waals surface area (Å²) in [6.07, 6.45) is 12.5. The lowest BCUT2D eigenvalue weighted by molar-refractivity contribution is -0.142. The van der Waals surface area contributed by atoms with E-state index in [1.165, 1.54) is 56.8 Å². The third kappa shape index (κ3) is 13.6. The van der Waals surface area contributed by atoms with Crippen LogP contribution >= 0.6 is 0 Å². The summed E-state index contributed by atoms with van der Waals surface area (Å²) >= 11 is 0. The van der Waals surface area contributed by atoms with Gasteiger partial charge in [0.15, 0.2) is 0 Å². The number of ether oxygens (including phenoxy) is 2. The van der Waals surface area contributed by atoms with Gasteiger partial charge in [0.05, 0.1) is 18.6 Å². The molecule has 24 heavy (non-hydrogen) atoms. The Labute approximate surface area is 150 Å². The Morgan fingerprint density at radius 2 is 1.29 bits per heavy atom. The molecule has 0 radical (unpaired) electrons. The zero-order chi connectivity index (χ0) is 18.0. The maximum absolute atomic E-state index is 12.0. The molecule has 0 rings (SSSR count). The molecular formula is C19H36O4S. The van der Waals surface area contributed by atoms with Gasteiger partial charge < -0.3 is 9.47 Å². The lowest BCUT2D eigenvalue weighted by Gasteiger charge is -2.07. The molecular weight excluding hydrogens is 324 g/mol. The standard InChI is InChI=1S/C19H36O4S/c1-4-7-8-9-10-11-12-13-14-15-16-24(21)17-18(22-5-2)19(20)23-6-3/h17H,4-16H2,1-3H3/b18-17+. The smallest absolute Gasteiger partial charge is 0.374 e. The van der Waals surface area contributed by atoms with E-state index in [0.717, 1.165) is 12.8 Å². The fraction of sp³-hybridized carbons (Fsp3) is 0.842. The number of esters is 1. The van der Waals surface area contributed by atoms with Crippen LogP contribution in [0.3, 0.4) is 0 Å². The third-order valence-corrected chi connectivity index (χ3v) is 4.88. The Morgan fingerprint density at radius 3 is 1.79 bits per heavy atom. The summed E-state index contributed by atoms with van der Waals surface area (Å²) in [6.45, 7) is 6.41. The van der Waals surface area contributed by atoms with Crippen LogP contribution in [0.25, 0.3) is 0 Å². The molecule has 0 aliphatic carbocycles. The predicted octanol–water partition coefficient (Wildman–Crippen LogP) is 5.10. The molecule has 0 N–H and O–H groups in total. The fourth-order valence-corrected chi connectivity index (χ4v) is 3.42. The van der Waals surface area contributed by atoms with E-state index in [0.29, 0.717) is 12.4 Å². The number of hydrogen-bond donors (Lipinski definition) is 0. The first-order valence-electron chi connectivity index (χ1n) is 9.54. The number of carbonyl (C=O) groups is 1. The van der Waals surface area contributed by atoms with Crippen molar-refractivity contribution in [2.75, 3.05) is 19.0 Å². The molecule has 0 aliphatic rings. The molecule has 142 valence electrons. The Morgan fingerprint density at radius 1 is 0.792 bits per heavy atom. The van der Waals surface area contributed by atoms with E-state index in [2.05, 4.69) is 6.92 Å². The molecule has 0 aromatic carbocycles. The third-order valence-electron chi connectivity index (χ3n) is 3.71. The topological polar surface area (TPSA) is 52.6 Å². The highest BCUT2D eigenvalue weighted by atomic mass is 32.2. The van der Waals surface area contributed by atoms with E-state index in [-0.39, 0.29) is 12.4 Å². The van der Waals surface area contributed by atoms with Crippen molar-refractivity contribution in [1.82, 2.24) is 0 Å². The van der Waals surface area contributed by atoms with Crippen LogP contribution in [0.5, 0.6) is 0 Å². The highest BCUT2D eigenvalue weighted by Gasteiger charge is 2.13. The van der Waals surface area contributed by atoms with Gasteiger partial charge in [0.2, 0.25) is 5.76 Å². The Hall–Kier alpha value is -0.840. The van der Waals surface area contributed by atoms with Crippen LogP contribution in [0.4, 0.5) is 0 Å². The summed E-state index contributed by atoms with van der Waals surface area (Å²) in [5.74, 6) is 0.118. The first-order valence-corrected chi connectivity index (χ1v) is 10.9. The van der Waals surface area contributed by atoms with E-state index in [9.17, 15) is 9.00 Å². The van der Waals surface area contributed by atoms with E-state index < -0.39 is 16.8 Å². The monoisotopic (exact) mass is 360 g/mol. The summed E-state index contributed by atoms with van der Waals surface area (Å²) < 4.78 is 22.1. The van der Waals surface area contributed by atoms with Crippen LogP contribution in [0, 0.1) is 0 Å². The first-order chi connectivity index (χ1) is 11.7. The molecule has 1 atom stereocenters. The maximum atomic E-state index is 12.0. The van der Waals surface area contributed by atoms with Crippen LogP contribution in [0.1, 0.15) is 85.0 Å². The number of hydrogen-bond acceptors (Lipinski definition) is 4. The van der Waals surface area contributed by atoms with Crippen LogP contribution < -0.4 is 0 Å². The van der Waals surface area contributed by atoms with Crippen LogP contribution in [-0.4, -0.2) is 29.1 Å². The van der Waals surface area contributed by atoms with E-state index in [1.54, 1.807) is 13.8 Å². The molecule has 0 aliphatic heterocycles. The van der Waals surface area contributed by atoms with Gasteiger partial charge >= 0.3 is 5.97 Å². The molecule has 0 saturated carbocycles. The minimum atomic E-state index is -1.18. The molecule has 0 spiro atoms. The zero-order valence-electron chi connectivity index (χ0n) is 15.8. The Kier molecular flexibility index (Phi) is 16.4. The lowest BCUT2D eigenvalue weighted by atomic mass is 10.1. The highest BCUT2D eigenvalue weighted by molar-refractivity contribution is 7.88. The summed E-state index contributed by atoms with van der Waals surface area (Å²) in [5.41, 5.74) is 0. The summed E-state index contributed by atoms with van der Waals surface area (Å²) in [5, 5.41) is 1.40. The largest absolute Gasteiger partial charge is 0.486 e. The van der Waals surface area contributed by atoms with Gasteiger partial charge in [-0.2, -0.15) is 0 Å². The summed E-state index contributed by atoms with van der Waals surface area (Å²) in [6, 6.07) is 0. The molecule has 0 fully saturated rings. The van der Waals surface area contributed by atoms with Crippen molar-refractivity contribution in [2.45, 2.75) is 85.0 Å². The van der Waals surface area contributed by atoms with E-state index in [1.807, 2.05) is 0 Å². The van der Waals surface area contributed by atoms with E-state index >= 15 is 0 Å².